The molecule has 0 aliphatic rings. The van der Waals surface area contributed by atoms with E-state index in [1.54, 1.807) is 6.07 Å². The normalized spacial score (nSPS) is 12.8. The maximum atomic E-state index is 12.4. The zero-order chi connectivity index (χ0) is 13.0. The Morgan fingerprint density at radius 1 is 1.29 bits per heavy atom. The van der Waals surface area contributed by atoms with Crippen molar-refractivity contribution in [3.63, 3.8) is 0 Å². The lowest BCUT2D eigenvalue weighted by Gasteiger charge is -2.22. The molecule has 1 aromatic rings. The molecule has 0 spiro atoms. The second-order valence-electron chi connectivity index (χ2n) is 3.78. The first-order chi connectivity index (χ1) is 8.01. The highest BCUT2D eigenvalue weighted by Crippen LogP contribution is 2.30. The van der Waals surface area contributed by atoms with E-state index in [0.717, 1.165) is 18.8 Å². The zero-order valence-electron chi connectivity index (χ0n) is 10.0. The molecular formula is C12H18F2N2O. The van der Waals surface area contributed by atoms with Crippen LogP contribution < -0.4 is 10.6 Å². The average Bonchev–Trinajstić information content (AvgIpc) is 2.30. The molecule has 0 aliphatic heterocycles. The second kappa shape index (κ2) is 5.82. The number of hydrogen-bond acceptors (Lipinski definition) is 3. The summed E-state index contributed by atoms with van der Waals surface area (Å²) in [5.41, 5.74) is 6.19. The van der Waals surface area contributed by atoms with Gasteiger partial charge in [-0.2, -0.15) is 0 Å². The molecule has 1 aromatic carbocycles. The smallest absolute Gasteiger partial charge is 0.257 e. The van der Waals surface area contributed by atoms with E-state index in [1.165, 1.54) is 12.1 Å². The molecule has 5 heteroatoms. The van der Waals surface area contributed by atoms with Crippen LogP contribution in [-0.4, -0.2) is 24.6 Å². The first-order valence-electron chi connectivity index (χ1n) is 5.62. The fourth-order valence-corrected chi connectivity index (χ4v) is 1.74. The van der Waals surface area contributed by atoms with Crippen LogP contribution in [0.15, 0.2) is 18.2 Å². The molecule has 0 heterocycles. The second-order valence-corrected chi connectivity index (χ2v) is 3.78. The van der Waals surface area contributed by atoms with Crippen LogP contribution in [0, 0.1) is 0 Å². The first-order valence-corrected chi connectivity index (χ1v) is 5.62. The fourth-order valence-electron chi connectivity index (χ4n) is 1.74. The Morgan fingerprint density at radius 3 is 2.29 bits per heavy atom. The van der Waals surface area contributed by atoms with Crippen molar-refractivity contribution in [2.24, 2.45) is 5.73 Å². The van der Waals surface area contributed by atoms with E-state index in [0.29, 0.717) is 0 Å². The summed E-state index contributed by atoms with van der Waals surface area (Å²) < 4.78 is 24.9. The molecule has 1 rings (SSSR count). The van der Waals surface area contributed by atoms with Gasteiger partial charge in [0.1, 0.15) is 5.75 Å². The fraction of sp³-hybridized carbons (Fsp3) is 0.500. The number of benzene rings is 1. The van der Waals surface area contributed by atoms with Gasteiger partial charge < -0.3 is 15.7 Å². The summed E-state index contributed by atoms with van der Waals surface area (Å²) >= 11 is 0. The first kappa shape index (κ1) is 13.7. The van der Waals surface area contributed by atoms with Gasteiger partial charge in [0.15, 0.2) is 0 Å². The highest BCUT2D eigenvalue weighted by atomic mass is 19.3. The Morgan fingerprint density at radius 2 is 1.88 bits per heavy atom. The van der Waals surface area contributed by atoms with Gasteiger partial charge in [-0.15, -0.1) is 0 Å². The molecule has 0 aromatic heterocycles. The van der Waals surface area contributed by atoms with Crippen LogP contribution in [0.1, 0.15) is 25.5 Å². The summed E-state index contributed by atoms with van der Waals surface area (Å²) in [5, 5.41) is 9.71. The summed E-state index contributed by atoms with van der Waals surface area (Å²) in [5.74, 6) is -0.179. The summed E-state index contributed by atoms with van der Waals surface area (Å²) in [6.07, 6.45) is -2.68. The minimum Gasteiger partial charge on any atom is -0.508 e. The summed E-state index contributed by atoms with van der Waals surface area (Å²) in [4.78, 5) is 2.01. The van der Waals surface area contributed by atoms with Crippen LogP contribution in [-0.2, 0) is 0 Å². The van der Waals surface area contributed by atoms with Crippen LogP contribution >= 0.6 is 0 Å². The van der Waals surface area contributed by atoms with Crippen molar-refractivity contribution in [3.8, 4) is 5.75 Å². The van der Waals surface area contributed by atoms with E-state index in [2.05, 4.69) is 0 Å². The predicted molar refractivity (Wildman–Crippen MR) is 64.6 cm³/mol. The number of halogens is 2. The highest BCUT2D eigenvalue weighted by molar-refractivity contribution is 5.54. The van der Waals surface area contributed by atoms with Crippen molar-refractivity contribution in [2.45, 2.75) is 26.3 Å². The van der Waals surface area contributed by atoms with Gasteiger partial charge in [-0.1, -0.05) is 6.07 Å². The van der Waals surface area contributed by atoms with Gasteiger partial charge in [0.25, 0.3) is 6.43 Å². The minimum atomic E-state index is -2.68. The number of phenolic OH excluding ortho intramolecular Hbond substituents is 1. The lowest BCUT2D eigenvalue weighted by atomic mass is 10.1. The Bertz CT molecular complexity index is 368. The van der Waals surface area contributed by atoms with Crippen LogP contribution in [0.2, 0.25) is 0 Å². The highest BCUT2D eigenvalue weighted by Gasteiger charge is 2.21. The Kier molecular flexibility index (Phi) is 4.69. The maximum Gasteiger partial charge on any atom is 0.257 e. The van der Waals surface area contributed by atoms with Crippen molar-refractivity contribution >= 4 is 5.69 Å². The number of nitrogens with two attached hydrogens (primary N) is 1. The average molecular weight is 244 g/mol. The molecule has 0 bridgehead atoms. The molecule has 96 valence electrons. The Balaban J connectivity index is 3.01. The molecule has 0 amide bonds. The van der Waals surface area contributed by atoms with Crippen molar-refractivity contribution in [2.75, 3.05) is 18.0 Å². The summed E-state index contributed by atoms with van der Waals surface area (Å²) in [7, 11) is 0. The molecule has 0 aliphatic carbocycles. The molecule has 0 saturated carbocycles. The van der Waals surface area contributed by atoms with E-state index >= 15 is 0 Å². The lowest BCUT2D eigenvalue weighted by molar-refractivity contribution is 0.115. The molecule has 17 heavy (non-hydrogen) atoms. The van der Waals surface area contributed by atoms with E-state index in [-0.39, 0.29) is 11.3 Å². The molecule has 0 fully saturated rings. The Labute approximate surface area is 99.8 Å². The van der Waals surface area contributed by atoms with Crippen LogP contribution in [0.5, 0.6) is 5.75 Å². The topological polar surface area (TPSA) is 49.5 Å². The maximum absolute atomic E-state index is 12.4. The Hall–Kier alpha value is -1.36. The summed E-state index contributed by atoms with van der Waals surface area (Å²) in [6, 6.07) is 3.19. The van der Waals surface area contributed by atoms with E-state index < -0.39 is 12.5 Å². The van der Waals surface area contributed by atoms with E-state index in [9.17, 15) is 13.9 Å². The third kappa shape index (κ3) is 3.06. The molecule has 0 unspecified atom stereocenters. The van der Waals surface area contributed by atoms with Crippen LogP contribution in [0.25, 0.3) is 0 Å². The van der Waals surface area contributed by atoms with Gasteiger partial charge in [-0.05, 0) is 19.9 Å². The molecule has 1 atom stereocenters. The van der Waals surface area contributed by atoms with Gasteiger partial charge in [-0.25, -0.2) is 8.78 Å². The quantitative estimate of drug-likeness (QED) is 0.836. The van der Waals surface area contributed by atoms with Crippen LogP contribution in [0.4, 0.5) is 14.5 Å². The van der Waals surface area contributed by atoms with Gasteiger partial charge in [0.05, 0.1) is 6.04 Å². The van der Waals surface area contributed by atoms with Gasteiger partial charge in [0.2, 0.25) is 0 Å². The van der Waals surface area contributed by atoms with Gasteiger partial charge in [-0.3, -0.25) is 0 Å². The number of alkyl halides is 2. The molecule has 3 nitrogen and oxygen atoms in total. The monoisotopic (exact) mass is 244 g/mol. The standard InChI is InChI=1S/C12H18F2N2O/c1-3-16(4-2)8-5-6-9(10(17)7-8)11(15)12(13)14/h5-7,11-12,17H,3-4,15H2,1-2H3/t11-/m0/s1. The number of hydrogen-bond donors (Lipinski definition) is 2. The number of phenols is 1. The predicted octanol–water partition coefficient (Wildman–Crippen LogP) is 2.50. The van der Waals surface area contributed by atoms with E-state index in [1.807, 2.05) is 18.7 Å². The SMILES string of the molecule is CCN(CC)c1ccc([C@H](N)C(F)F)c(O)c1. The number of anilines is 1. The molecule has 0 radical (unpaired) electrons. The summed E-state index contributed by atoms with van der Waals surface area (Å²) in [6.45, 7) is 5.55. The minimum absolute atomic E-state index is 0.0795. The van der Waals surface area contributed by atoms with E-state index in [4.69, 9.17) is 5.73 Å². The third-order valence-corrected chi connectivity index (χ3v) is 2.77. The van der Waals surface area contributed by atoms with Gasteiger partial charge >= 0.3 is 0 Å². The number of nitrogens with zero attached hydrogens (tertiary/aromatic N) is 1. The number of rotatable bonds is 5. The third-order valence-electron chi connectivity index (χ3n) is 2.77. The largest absolute Gasteiger partial charge is 0.508 e. The number of aromatic hydroxyl groups is 1. The molecular weight excluding hydrogens is 226 g/mol. The van der Waals surface area contributed by atoms with Gasteiger partial charge in [0, 0.05) is 30.4 Å². The van der Waals surface area contributed by atoms with Crippen molar-refractivity contribution in [3.05, 3.63) is 23.8 Å². The lowest BCUT2D eigenvalue weighted by Crippen LogP contribution is -2.22. The molecule has 0 saturated heterocycles. The van der Waals surface area contributed by atoms with Crippen molar-refractivity contribution in [1.29, 1.82) is 0 Å². The van der Waals surface area contributed by atoms with Crippen molar-refractivity contribution < 1.29 is 13.9 Å². The molecule has 3 N–H and O–H groups in total. The van der Waals surface area contributed by atoms with Crippen LogP contribution in [0.3, 0.4) is 0 Å². The zero-order valence-corrected chi connectivity index (χ0v) is 10.0. The van der Waals surface area contributed by atoms with Crippen molar-refractivity contribution in [1.82, 2.24) is 0 Å².